The van der Waals surface area contributed by atoms with Crippen molar-refractivity contribution in [2.75, 3.05) is 6.61 Å². The maximum atomic E-state index is 13.3. The van der Waals surface area contributed by atoms with E-state index in [1.54, 1.807) is 0 Å². The minimum absolute atomic E-state index is 0.0332. The Morgan fingerprint density at radius 1 is 0.760 bits per heavy atom. The van der Waals surface area contributed by atoms with Crippen molar-refractivity contribution >= 4 is 11.5 Å². The number of benzene rings is 3. The molecule has 2 nitrogen and oxygen atoms in total. The van der Waals surface area contributed by atoms with Gasteiger partial charge in [0.15, 0.2) is 5.78 Å². The highest BCUT2D eigenvalue weighted by molar-refractivity contribution is 6.14. The fourth-order valence-corrected chi connectivity index (χ4v) is 3.27. The maximum absolute atomic E-state index is 13.3. The molecule has 1 aliphatic rings. The molecule has 3 aromatic rings. The molecule has 0 saturated carbocycles. The molecule has 0 spiro atoms. The molecule has 122 valence electrons. The van der Waals surface area contributed by atoms with Crippen molar-refractivity contribution in [1.29, 1.82) is 0 Å². The van der Waals surface area contributed by atoms with E-state index in [1.165, 1.54) is 0 Å². The number of ketones is 1. The largest absolute Gasteiger partial charge is 0.492 e. The smallest absolute Gasteiger partial charge is 0.193 e. The van der Waals surface area contributed by atoms with Crippen LogP contribution in [-0.2, 0) is 4.74 Å². The zero-order chi connectivity index (χ0) is 17.1. The summed E-state index contributed by atoms with van der Waals surface area (Å²) in [7, 11) is 0. The summed E-state index contributed by atoms with van der Waals surface area (Å²) in [6, 6.07) is 29.4. The summed E-state index contributed by atoms with van der Waals surface area (Å²) in [5.74, 6) is 0.679. The van der Waals surface area contributed by atoms with E-state index < -0.39 is 0 Å². The molecule has 1 aliphatic heterocycles. The first-order valence-electron chi connectivity index (χ1n) is 8.41. The molecule has 0 aliphatic carbocycles. The molecule has 0 N–H and O–H groups in total. The van der Waals surface area contributed by atoms with E-state index >= 15 is 0 Å². The Kier molecular flexibility index (Phi) is 4.17. The van der Waals surface area contributed by atoms with Gasteiger partial charge >= 0.3 is 0 Å². The van der Waals surface area contributed by atoms with Gasteiger partial charge in [-0.1, -0.05) is 91.0 Å². The Hall–Kier alpha value is -3.13. The third-order valence-electron chi connectivity index (χ3n) is 4.51. The average molecular weight is 326 g/mol. The van der Waals surface area contributed by atoms with Gasteiger partial charge in [0.25, 0.3) is 0 Å². The minimum atomic E-state index is -0.0517. The van der Waals surface area contributed by atoms with E-state index in [9.17, 15) is 4.79 Å². The van der Waals surface area contributed by atoms with Crippen molar-refractivity contribution in [1.82, 2.24) is 0 Å². The van der Waals surface area contributed by atoms with Crippen LogP contribution in [0.5, 0.6) is 0 Å². The molecule has 0 unspecified atom stereocenters. The Labute approximate surface area is 147 Å². The highest BCUT2D eigenvalue weighted by atomic mass is 16.5. The lowest BCUT2D eigenvalue weighted by Gasteiger charge is -2.13. The van der Waals surface area contributed by atoms with Crippen LogP contribution >= 0.6 is 0 Å². The molecular formula is C23H18O2. The SMILES string of the molecule is O=C(C1=C(c2ccccc2)OC[C@H]1c1ccccc1)c1ccccc1. The predicted molar refractivity (Wildman–Crippen MR) is 99.3 cm³/mol. The molecule has 0 saturated heterocycles. The summed E-state index contributed by atoms with van der Waals surface area (Å²) in [4.78, 5) is 13.3. The number of hydrogen-bond acceptors (Lipinski definition) is 2. The van der Waals surface area contributed by atoms with Crippen LogP contribution in [0.25, 0.3) is 5.76 Å². The number of Topliss-reactive ketones (excluding diaryl/α,β-unsaturated/α-hetero) is 1. The van der Waals surface area contributed by atoms with Crippen molar-refractivity contribution < 1.29 is 9.53 Å². The van der Waals surface area contributed by atoms with E-state index in [0.29, 0.717) is 17.9 Å². The van der Waals surface area contributed by atoms with Crippen molar-refractivity contribution in [2.24, 2.45) is 0 Å². The summed E-state index contributed by atoms with van der Waals surface area (Å²) in [6.07, 6.45) is 0. The van der Waals surface area contributed by atoms with Crippen molar-refractivity contribution in [3.63, 3.8) is 0 Å². The Balaban J connectivity index is 1.85. The van der Waals surface area contributed by atoms with E-state index in [1.807, 2.05) is 78.9 Å². The highest BCUT2D eigenvalue weighted by Crippen LogP contribution is 2.40. The average Bonchev–Trinajstić information content (AvgIpc) is 3.14. The van der Waals surface area contributed by atoms with Crippen molar-refractivity contribution in [3.8, 4) is 0 Å². The van der Waals surface area contributed by atoms with Gasteiger partial charge in [-0.15, -0.1) is 0 Å². The summed E-state index contributed by atoms with van der Waals surface area (Å²) in [5.41, 5.74) is 3.48. The molecule has 2 heteroatoms. The second-order valence-corrected chi connectivity index (χ2v) is 6.08. The number of carbonyl (C=O) groups is 1. The zero-order valence-electron chi connectivity index (χ0n) is 13.8. The number of hydrogen-bond donors (Lipinski definition) is 0. The number of carbonyl (C=O) groups excluding carboxylic acids is 1. The van der Waals surface area contributed by atoms with Crippen LogP contribution in [0.1, 0.15) is 27.4 Å². The summed E-state index contributed by atoms with van der Waals surface area (Å²) >= 11 is 0. The fraction of sp³-hybridized carbons (Fsp3) is 0.0870. The van der Waals surface area contributed by atoms with Gasteiger partial charge in [0.05, 0.1) is 18.1 Å². The summed E-state index contributed by atoms with van der Waals surface area (Å²) < 4.78 is 6.02. The van der Waals surface area contributed by atoms with Gasteiger partial charge in [-0.3, -0.25) is 4.79 Å². The molecule has 0 bridgehead atoms. The van der Waals surface area contributed by atoms with Gasteiger partial charge < -0.3 is 4.74 Å². The highest BCUT2D eigenvalue weighted by Gasteiger charge is 2.34. The molecule has 1 heterocycles. The van der Waals surface area contributed by atoms with Crippen LogP contribution in [-0.4, -0.2) is 12.4 Å². The fourth-order valence-electron chi connectivity index (χ4n) is 3.27. The Morgan fingerprint density at radius 3 is 1.96 bits per heavy atom. The molecule has 3 aromatic carbocycles. The first-order chi connectivity index (χ1) is 12.3. The van der Waals surface area contributed by atoms with Crippen LogP contribution in [0.4, 0.5) is 0 Å². The molecule has 0 aromatic heterocycles. The number of rotatable bonds is 4. The topological polar surface area (TPSA) is 26.3 Å². The van der Waals surface area contributed by atoms with Gasteiger partial charge in [-0.05, 0) is 5.56 Å². The van der Waals surface area contributed by atoms with Gasteiger partial charge in [-0.2, -0.15) is 0 Å². The molecule has 0 amide bonds. The van der Waals surface area contributed by atoms with Gasteiger partial charge in [-0.25, -0.2) is 0 Å². The second-order valence-electron chi connectivity index (χ2n) is 6.08. The first-order valence-corrected chi connectivity index (χ1v) is 8.41. The van der Waals surface area contributed by atoms with Crippen LogP contribution in [0.3, 0.4) is 0 Å². The van der Waals surface area contributed by atoms with E-state index in [4.69, 9.17) is 4.74 Å². The zero-order valence-corrected chi connectivity index (χ0v) is 13.8. The maximum Gasteiger partial charge on any atom is 0.193 e. The molecule has 25 heavy (non-hydrogen) atoms. The normalized spacial score (nSPS) is 16.6. The molecule has 0 radical (unpaired) electrons. The van der Waals surface area contributed by atoms with E-state index in [2.05, 4.69) is 12.1 Å². The van der Waals surface area contributed by atoms with Crippen molar-refractivity contribution in [2.45, 2.75) is 5.92 Å². The lowest BCUT2D eigenvalue weighted by molar-refractivity contribution is 0.103. The third kappa shape index (κ3) is 2.99. The monoisotopic (exact) mass is 326 g/mol. The second kappa shape index (κ2) is 6.78. The quantitative estimate of drug-likeness (QED) is 0.624. The van der Waals surface area contributed by atoms with E-state index in [0.717, 1.165) is 16.7 Å². The minimum Gasteiger partial charge on any atom is -0.492 e. The van der Waals surface area contributed by atoms with Gasteiger partial charge in [0.2, 0.25) is 0 Å². The predicted octanol–water partition coefficient (Wildman–Crippen LogP) is 5.09. The molecule has 4 rings (SSSR count). The lowest BCUT2D eigenvalue weighted by atomic mass is 9.86. The summed E-state index contributed by atoms with van der Waals surface area (Å²) in [6.45, 7) is 0.488. The van der Waals surface area contributed by atoms with Gasteiger partial charge in [0.1, 0.15) is 5.76 Å². The Morgan fingerprint density at radius 2 is 1.32 bits per heavy atom. The van der Waals surface area contributed by atoms with Crippen LogP contribution in [0, 0.1) is 0 Å². The van der Waals surface area contributed by atoms with E-state index in [-0.39, 0.29) is 11.7 Å². The van der Waals surface area contributed by atoms with Crippen LogP contribution in [0.2, 0.25) is 0 Å². The van der Waals surface area contributed by atoms with Crippen LogP contribution < -0.4 is 0 Å². The third-order valence-corrected chi connectivity index (χ3v) is 4.51. The molecular weight excluding hydrogens is 308 g/mol. The van der Waals surface area contributed by atoms with Crippen molar-refractivity contribution in [3.05, 3.63) is 113 Å². The Bertz CT molecular complexity index is 897. The lowest BCUT2D eigenvalue weighted by Crippen LogP contribution is -2.12. The molecule has 1 atom stereocenters. The number of ether oxygens (including phenoxy) is 1. The standard InChI is InChI=1S/C23H18O2/c24-22(18-12-6-2-7-13-18)21-20(17-10-4-1-5-11-17)16-25-23(21)19-14-8-3-9-15-19/h1-15,20H,16H2/t20-/m0/s1. The van der Waals surface area contributed by atoms with Crippen LogP contribution in [0.15, 0.2) is 96.6 Å². The molecule has 0 fully saturated rings. The van der Waals surface area contributed by atoms with Gasteiger partial charge in [0, 0.05) is 11.1 Å². The first kappa shape index (κ1) is 15.4. The summed E-state index contributed by atoms with van der Waals surface area (Å²) in [5, 5.41) is 0.